The van der Waals surface area contributed by atoms with Gasteiger partial charge in [-0.25, -0.2) is 23.2 Å². The molecule has 2 fully saturated rings. The van der Waals surface area contributed by atoms with E-state index < -0.39 is 77.9 Å². The van der Waals surface area contributed by atoms with Crippen LogP contribution in [0.2, 0.25) is 0 Å². The molecule has 4 atom stereocenters. The molecule has 0 aromatic carbocycles. The zero-order valence-corrected chi connectivity index (χ0v) is 16.8. The Bertz CT molecular complexity index is 943. The van der Waals surface area contributed by atoms with Crippen LogP contribution in [0.1, 0.15) is 12.8 Å². The molecule has 0 aromatic heterocycles. The van der Waals surface area contributed by atoms with Crippen LogP contribution >= 0.6 is 0 Å². The van der Waals surface area contributed by atoms with Crippen LogP contribution in [0, 0.1) is 0 Å². The van der Waals surface area contributed by atoms with Crippen LogP contribution in [0.4, 0.5) is 39.5 Å². The fraction of sp³-hybridized carbons (Fsp3) is 0.526. The van der Waals surface area contributed by atoms with Crippen molar-refractivity contribution in [3.05, 3.63) is 38.0 Å². The van der Waals surface area contributed by atoms with Crippen LogP contribution in [0.25, 0.3) is 0 Å². The molecule has 2 saturated carbocycles. The third-order valence-electron chi connectivity index (χ3n) is 5.53. The summed E-state index contributed by atoms with van der Waals surface area (Å²) >= 11 is 0. The summed E-state index contributed by atoms with van der Waals surface area (Å²) < 4.78 is 149. The molecular formula is C19H15F9O6. The predicted octanol–water partition coefficient (Wildman–Crippen LogP) is 3.71. The number of alkyl halides is 9. The molecule has 2 aliphatic carbocycles. The first-order valence-electron chi connectivity index (χ1n) is 8.97. The Morgan fingerprint density at radius 3 is 1.56 bits per heavy atom. The Hall–Kier alpha value is -3.00. The number of carbonyl (C=O) groups is 3. The van der Waals surface area contributed by atoms with Crippen molar-refractivity contribution in [2.45, 2.75) is 53.3 Å². The topological polar surface area (TPSA) is 78.9 Å². The number of carbonyl (C=O) groups excluding carboxylic acids is 3. The summed E-state index contributed by atoms with van der Waals surface area (Å²) in [6.07, 6.45) is -5.38. The molecule has 2 aliphatic rings. The second-order valence-electron chi connectivity index (χ2n) is 7.46. The molecular weight excluding hydrogens is 495 g/mol. The van der Waals surface area contributed by atoms with Gasteiger partial charge >= 0.3 is 47.1 Å². The molecule has 0 saturated heterocycles. The van der Waals surface area contributed by atoms with E-state index in [0.29, 0.717) is 0 Å². The first-order valence-corrected chi connectivity index (χ1v) is 8.97. The van der Waals surface area contributed by atoms with E-state index in [1.165, 1.54) is 0 Å². The average molecular weight is 510 g/mol. The summed E-state index contributed by atoms with van der Waals surface area (Å²) in [5, 5.41) is 0. The second-order valence-corrected chi connectivity index (χ2v) is 7.46. The van der Waals surface area contributed by atoms with Gasteiger partial charge in [0.25, 0.3) is 0 Å². The van der Waals surface area contributed by atoms with Crippen molar-refractivity contribution in [2.75, 3.05) is 6.67 Å². The highest BCUT2D eigenvalue weighted by Crippen LogP contribution is 2.74. The van der Waals surface area contributed by atoms with Crippen LogP contribution in [-0.4, -0.2) is 65.1 Å². The molecule has 0 spiro atoms. The van der Waals surface area contributed by atoms with Gasteiger partial charge in [-0.15, -0.1) is 0 Å². The lowest BCUT2D eigenvalue weighted by atomic mass is 9.53. The van der Waals surface area contributed by atoms with E-state index >= 15 is 35.1 Å². The molecule has 34 heavy (non-hydrogen) atoms. The first-order chi connectivity index (χ1) is 15.3. The van der Waals surface area contributed by atoms with Gasteiger partial charge in [0, 0.05) is 24.6 Å². The Balaban J connectivity index is 3.11. The third kappa shape index (κ3) is 3.00. The number of hydrogen-bond acceptors (Lipinski definition) is 6. The van der Waals surface area contributed by atoms with Crippen LogP contribution in [0.5, 0.6) is 0 Å². The zero-order valence-electron chi connectivity index (χ0n) is 16.8. The highest BCUT2D eigenvalue weighted by molar-refractivity contribution is 5.83. The standard InChI is InChI=1S/C19H15F9O6/c1-4-10(29)32-14-7-13(21,9-20)17(23,24)16(18(14,25)26,34-12(31)6-3)19(27,28)15(22,8-14)33-11(30)5-2/h4-6H,1-3,7-9H2. The SMILES string of the molecule is C=CC(=O)OC1(F)CC2(OC(=O)C=C)CC(F)(CF)C(F)(F)C(OC(=O)C=C)(C1(F)F)C2(F)F. The third-order valence-corrected chi connectivity index (χ3v) is 5.53. The lowest BCUT2D eigenvalue weighted by Crippen LogP contribution is -2.92. The quantitative estimate of drug-likeness (QED) is 0.225. The summed E-state index contributed by atoms with van der Waals surface area (Å²) in [6.45, 7) is 5.21. The van der Waals surface area contributed by atoms with E-state index in [1.54, 1.807) is 0 Å². The molecule has 15 heteroatoms. The second kappa shape index (κ2) is 7.77. The number of halogens is 9. The van der Waals surface area contributed by atoms with Crippen LogP contribution in [0.3, 0.4) is 0 Å². The highest BCUT2D eigenvalue weighted by Gasteiger charge is 3.02. The number of ether oxygens (including phenoxy) is 3. The summed E-state index contributed by atoms with van der Waals surface area (Å²) in [4.78, 5) is 34.9. The van der Waals surface area contributed by atoms with E-state index in [1.807, 2.05) is 0 Å². The maximum absolute atomic E-state index is 15.7. The van der Waals surface area contributed by atoms with Gasteiger partial charge in [0.05, 0.1) is 6.42 Å². The molecule has 0 amide bonds. The van der Waals surface area contributed by atoms with Crippen LogP contribution < -0.4 is 0 Å². The van der Waals surface area contributed by atoms with Crippen molar-refractivity contribution in [2.24, 2.45) is 0 Å². The monoisotopic (exact) mass is 510 g/mol. The molecule has 0 aromatic rings. The fourth-order valence-corrected chi connectivity index (χ4v) is 4.00. The van der Waals surface area contributed by atoms with Crippen molar-refractivity contribution in [1.82, 2.24) is 0 Å². The van der Waals surface area contributed by atoms with Gasteiger partial charge in [0.1, 0.15) is 6.67 Å². The summed E-state index contributed by atoms with van der Waals surface area (Å²) in [5.74, 6) is -30.8. The number of fused-ring (bicyclic) bond motifs is 2. The zero-order chi connectivity index (χ0) is 26.6. The molecule has 190 valence electrons. The van der Waals surface area contributed by atoms with Gasteiger partial charge in [0.2, 0.25) is 5.67 Å². The highest BCUT2D eigenvalue weighted by atomic mass is 19.3. The Morgan fingerprint density at radius 1 is 0.676 bits per heavy atom. The minimum atomic E-state index is -6.50. The molecule has 0 heterocycles. The molecule has 4 unspecified atom stereocenters. The van der Waals surface area contributed by atoms with Gasteiger partial charge in [0.15, 0.2) is 5.60 Å². The van der Waals surface area contributed by atoms with Crippen LogP contribution in [0.15, 0.2) is 38.0 Å². The van der Waals surface area contributed by atoms with Gasteiger partial charge in [-0.05, 0) is 0 Å². The minimum Gasteiger partial charge on any atom is -0.449 e. The van der Waals surface area contributed by atoms with Crippen molar-refractivity contribution in [1.29, 1.82) is 0 Å². The molecule has 0 aliphatic heterocycles. The number of hydrogen-bond donors (Lipinski definition) is 0. The Labute approximate surface area is 185 Å². The lowest BCUT2D eigenvalue weighted by molar-refractivity contribution is -0.497. The summed E-state index contributed by atoms with van der Waals surface area (Å²) in [6, 6.07) is 0. The van der Waals surface area contributed by atoms with Gasteiger partial charge in [-0.2, -0.15) is 30.7 Å². The molecule has 0 radical (unpaired) electrons. The van der Waals surface area contributed by atoms with Crippen molar-refractivity contribution in [3.63, 3.8) is 0 Å². The lowest BCUT2D eigenvalue weighted by Gasteiger charge is -2.64. The van der Waals surface area contributed by atoms with Gasteiger partial charge < -0.3 is 14.2 Å². The van der Waals surface area contributed by atoms with Gasteiger partial charge in [-0.3, -0.25) is 0 Å². The number of rotatable bonds is 7. The summed E-state index contributed by atoms with van der Waals surface area (Å²) in [7, 11) is 0. The molecule has 2 bridgehead atoms. The Morgan fingerprint density at radius 2 is 1.12 bits per heavy atom. The fourth-order valence-electron chi connectivity index (χ4n) is 4.00. The molecule has 6 nitrogen and oxygen atoms in total. The number of esters is 3. The van der Waals surface area contributed by atoms with Crippen molar-refractivity contribution in [3.8, 4) is 0 Å². The maximum Gasteiger partial charge on any atom is 0.367 e. The normalized spacial score (nSPS) is 37.0. The van der Waals surface area contributed by atoms with E-state index in [2.05, 4.69) is 33.9 Å². The first kappa shape index (κ1) is 27.2. The molecule has 2 rings (SSSR count). The summed E-state index contributed by atoms with van der Waals surface area (Å²) in [5.41, 5.74) is -15.7. The smallest absolute Gasteiger partial charge is 0.367 e. The Kier molecular flexibility index (Phi) is 6.22. The van der Waals surface area contributed by atoms with E-state index in [9.17, 15) is 18.8 Å². The van der Waals surface area contributed by atoms with Crippen molar-refractivity contribution >= 4 is 17.9 Å². The molecule has 0 N–H and O–H groups in total. The van der Waals surface area contributed by atoms with E-state index in [0.717, 1.165) is 0 Å². The maximum atomic E-state index is 15.7. The minimum absolute atomic E-state index is 0.0317. The average Bonchev–Trinajstić information content (AvgIpc) is 2.74. The van der Waals surface area contributed by atoms with Gasteiger partial charge in [-0.1, -0.05) is 19.7 Å². The van der Waals surface area contributed by atoms with Crippen molar-refractivity contribution < 1.29 is 68.1 Å². The van der Waals surface area contributed by atoms with E-state index in [-0.39, 0.29) is 18.2 Å². The van der Waals surface area contributed by atoms with E-state index in [4.69, 9.17) is 0 Å². The largest absolute Gasteiger partial charge is 0.449 e. The predicted molar refractivity (Wildman–Crippen MR) is 92.1 cm³/mol. The van der Waals surface area contributed by atoms with Crippen LogP contribution in [-0.2, 0) is 28.6 Å².